The van der Waals surface area contributed by atoms with E-state index in [1.165, 1.54) is 24.5 Å². The second-order valence-corrected chi connectivity index (χ2v) is 8.57. The van der Waals surface area contributed by atoms with Crippen LogP contribution in [0.3, 0.4) is 0 Å². The number of alkyl carbamates (subject to hydrolysis) is 1. The topological polar surface area (TPSA) is 81.2 Å². The standard InChI is InChI=1S/C21H23ClFN3O3/c1-11-9-25-15(10-24-11)19(27)16-14(22)8-7-13(17(16)23)18(12-5-6-12)26-20(28)29-21(2,3)4/h7-10,12,18H,5-6H2,1-4H3,(H,26,28). The summed E-state index contributed by atoms with van der Waals surface area (Å²) in [5.74, 6) is -1.35. The summed E-state index contributed by atoms with van der Waals surface area (Å²) < 4.78 is 20.7. The molecule has 154 valence electrons. The van der Waals surface area contributed by atoms with Crippen LogP contribution in [0.2, 0.25) is 5.02 Å². The van der Waals surface area contributed by atoms with Crippen molar-refractivity contribution >= 4 is 23.5 Å². The zero-order chi connectivity index (χ0) is 21.3. The molecular formula is C21H23ClFN3O3. The van der Waals surface area contributed by atoms with Gasteiger partial charge in [-0.25, -0.2) is 14.2 Å². The lowest BCUT2D eigenvalue weighted by molar-refractivity contribution is 0.0496. The summed E-state index contributed by atoms with van der Waals surface area (Å²) in [6.07, 6.45) is 3.77. The molecule has 1 heterocycles. The maximum atomic E-state index is 15.4. The first-order valence-electron chi connectivity index (χ1n) is 9.37. The van der Waals surface area contributed by atoms with Gasteiger partial charge in [0.2, 0.25) is 5.78 Å². The van der Waals surface area contributed by atoms with E-state index in [0.717, 1.165) is 12.8 Å². The van der Waals surface area contributed by atoms with Gasteiger partial charge in [0.25, 0.3) is 0 Å². The van der Waals surface area contributed by atoms with E-state index in [9.17, 15) is 9.59 Å². The van der Waals surface area contributed by atoms with Gasteiger partial charge in [-0.1, -0.05) is 17.7 Å². The van der Waals surface area contributed by atoms with Gasteiger partial charge in [0, 0.05) is 11.8 Å². The minimum Gasteiger partial charge on any atom is -0.444 e. The Kier molecular flexibility index (Phi) is 5.89. The molecule has 1 atom stereocenters. The van der Waals surface area contributed by atoms with Gasteiger partial charge in [0.1, 0.15) is 17.1 Å². The number of aromatic nitrogens is 2. The zero-order valence-corrected chi connectivity index (χ0v) is 17.5. The average Bonchev–Trinajstić information content (AvgIpc) is 3.44. The van der Waals surface area contributed by atoms with Crippen molar-refractivity contribution in [2.45, 2.75) is 52.2 Å². The second kappa shape index (κ2) is 8.06. The minimum atomic E-state index is -0.766. The smallest absolute Gasteiger partial charge is 0.408 e. The van der Waals surface area contributed by atoms with Gasteiger partial charge in [0.15, 0.2) is 0 Å². The first-order chi connectivity index (χ1) is 13.6. The number of carbonyl (C=O) groups is 2. The van der Waals surface area contributed by atoms with Crippen molar-refractivity contribution in [1.82, 2.24) is 15.3 Å². The van der Waals surface area contributed by atoms with Gasteiger partial charge < -0.3 is 10.1 Å². The molecule has 0 radical (unpaired) electrons. The Morgan fingerprint density at radius 2 is 1.93 bits per heavy atom. The molecule has 1 aliphatic rings. The van der Waals surface area contributed by atoms with E-state index in [0.29, 0.717) is 5.69 Å². The van der Waals surface area contributed by atoms with Crippen LogP contribution in [-0.4, -0.2) is 27.4 Å². The molecule has 1 saturated carbocycles. The Balaban J connectivity index is 1.94. The second-order valence-electron chi connectivity index (χ2n) is 8.16. The predicted molar refractivity (Wildman–Crippen MR) is 106 cm³/mol. The van der Waals surface area contributed by atoms with Crippen molar-refractivity contribution in [3.05, 3.63) is 57.9 Å². The first kappa shape index (κ1) is 21.2. The molecule has 0 bridgehead atoms. The van der Waals surface area contributed by atoms with Crippen LogP contribution in [0.25, 0.3) is 0 Å². The third-order valence-electron chi connectivity index (χ3n) is 4.46. The number of hydrogen-bond donors (Lipinski definition) is 1. The molecule has 8 heteroatoms. The highest BCUT2D eigenvalue weighted by molar-refractivity contribution is 6.34. The molecule has 0 saturated heterocycles. The predicted octanol–water partition coefficient (Wildman–Crippen LogP) is 4.78. The molecule has 0 spiro atoms. The fourth-order valence-corrected chi connectivity index (χ4v) is 3.20. The van der Waals surface area contributed by atoms with Crippen LogP contribution in [0, 0.1) is 18.7 Å². The summed E-state index contributed by atoms with van der Waals surface area (Å²) in [5.41, 5.74) is -0.124. The van der Waals surface area contributed by atoms with Gasteiger partial charge in [0.05, 0.1) is 28.5 Å². The van der Waals surface area contributed by atoms with Crippen LogP contribution >= 0.6 is 11.6 Å². The maximum absolute atomic E-state index is 15.4. The lowest BCUT2D eigenvalue weighted by atomic mass is 9.96. The van der Waals surface area contributed by atoms with Crippen LogP contribution in [0.15, 0.2) is 24.5 Å². The quantitative estimate of drug-likeness (QED) is 0.705. The average molecular weight is 420 g/mol. The van der Waals surface area contributed by atoms with E-state index in [-0.39, 0.29) is 27.8 Å². The van der Waals surface area contributed by atoms with Gasteiger partial charge >= 0.3 is 6.09 Å². The zero-order valence-electron chi connectivity index (χ0n) is 16.8. The molecule has 3 rings (SSSR count). The van der Waals surface area contributed by atoms with Crippen LogP contribution in [0.4, 0.5) is 9.18 Å². The Labute approximate surface area is 173 Å². The summed E-state index contributed by atoms with van der Waals surface area (Å²) in [6.45, 7) is 6.99. The first-order valence-corrected chi connectivity index (χ1v) is 9.75. The molecule has 2 aromatic rings. The molecule has 1 aromatic heterocycles. The van der Waals surface area contributed by atoms with E-state index < -0.39 is 29.3 Å². The SMILES string of the molecule is Cc1cnc(C(=O)c2c(Cl)ccc(C(NC(=O)OC(C)(C)C)C3CC3)c2F)cn1. The number of benzene rings is 1. The molecule has 1 unspecified atom stereocenters. The van der Waals surface area contributed by atoms with Crippen molar-refractivity contribution in [3.63, 3.8) is 0 Å². The fourth-order valence-electron chi connectivity index (χ4n) is 2.97. The lowest BCUT2D eigenvalue weighted by Gasteiger charge is -2.24. The van der Waals surface area contributed by atoms with E-state index in [4.69, 9.17) is 16.3 Å². The summed E-state index contributed by atoms with van der Waals surface area (Å²) >= 11 is 6.15. The van der Waals surface area contributed by atoms with Crippen LogP contribution in [0.1, 0.15) is 67.0 Å². The number of hydrogen-bond acceptors (Lipinski definition) is 5. The number of amides is 1. The Morgan fingerprint density at radius 3 is 2.48 bits per heavy atom. The number of halogens is 2. The van der Waals surface area contributed by atoms with E-state index in [1.807, 2.05) is 0 Å². The third kappa shape index (κ3) is 5.09. The van der Waals surface area contributed by atoms with Gasteiger partial charge in [-0.3, -0.25) is 9.78 Å². The highest BCUT2D eigenvalue weighted by atomic mass is 35.5. The molecule has 6 nitrogen and oxygen atoms in total. The van der Waals surface area contributed by atoms with Gasteiger partial charge in [-0.05, 0) is 52.5 Å². The molecule has 1 fully saturated rings. The van der Waals surface area contributed by atoms with E-state index in [1.54, 1.807) is 27.7 Å². The fraction of sp³-hybridized carbons (Fsp3) is 0.429. The van der Waals surface area contributed by atoms with Crippen LogP contribution < -0.4 is 5.32 Å². The van der Waals surface area contributed by atoms with E-state index in [2.05, 4.69) is 15.3 Å². The van der Waals surface area contributed by atoms with Crippen LogP contribution in [0.5, 0.6) is 0 Å². The number of rotatable bonds is 5. The third-order valence-corrected chi connectivity index (χ3v) is 4.78. The van der Waals surface area contributed by atoms with Crippen molar-refractivity contribution in [2.24, 2.45) is 5.92 Å². The van der Waals surface area contributed by atoms with Crippen molar-refractivity contribution < 1.29 is 18.7 Å². The van der Waals surface area contributed by atoms with Gasteiger partial charge in [-0.15, -0.1) is 0 Å². The number of ketones is 1. The molecule has 1 amide bonds. The molecular weight excluding hydrogens is 397 g/mol. The number of aryl methyl sites for hydroxylation is 1. The summed E-state index contributed by atoms with van der Waals surface area (Å²) in [4.78, 5) is 33.1. The highest BCUT2D eigenvalue weighted by Gasteiger charge is 2.37. The number of ether oxygens (including phenoxy) is 1. The molecule has 29 heavy (non-hydrogen) atoms. The molecule has 1 N–H and O–H groups in total. The summed E-state index contributed by atoms with van der Waals surface area (Å²) in [7, 11) is 0. The van der Waals surface area contributed by atoms with Crippen molar-refractivity contribution in [2.75, 3.05) is 0 Å². The summed E-state index contributed by atoms with van der Waals surface area (Å²) in [6, 6.07) is 2.34. The lowest BCUT2D eigenvalue weighted by Crippen LogP contribution is -2.36. The Morgan fingerprint density at radius 1 is 1.24 bits per heavy atom. The highest BCUT2D eigenvalue weighted by Crippen LogP contribution is 2.43. The van der Waals surface area contributed by atoms with Crippen molar-refractivity contribution in [3.8, 4) is 0 Å². The number of carbonyl (C=O) groups excluding carboxylic acids is 2. The minimum absolute atomic E-state index is 0.00313. The van der Waals surface area contributed by atoms with Gasteiger partial charge in [-0.2, -0.15) is 0 Å². The molecule has 1 aromatic carbocycles. The molecule has 0 aliphatic heterocycles. The number of nitrogens with zero attached hydrogens (tertiary/aromatic N) is 2. The monoisotopic (exact) mass is 419 g/mol. The molecule has 1 aliphatic carbocycles. The summed E-state index contributed by atoms with van der Waals surface area (Å²) in [5, 5.41) is 2.72. The normalized spacial score (nSPS) is 15.0. The Bertz CT molecular complexity index is 937. The van der Waals surface area contributed by atoms with Crippen LogP contribution in [-0.2, 0) is 4.74 Å². The van der Waals surface area contributed by atoms with E-state index >= 15 is 4.39 Å². The van der Waals surface area contributed by atoms with Crippen molar-refractivity contribution in [1.29, 1.82) is 0 Å². The Hall–Kier alpha value is -2.54. The number of nitrogens with one attached hydrogen (secondary N) is 1. The largest absolute Gasteiger partial charge is 0.444 e. The maximum Gasteiger partial charge on any atom is 0.408 e.